The predicted octanol–water partition coefficient (Wildman–Crippen LogP) is 4.73. The fourth-order valence-electron chi connectivity index (χ4n) is 2.54. The molecule has 0 radical (unpaired) electrons. The first-order valence-electron chi connectivity index (χ1n) is 8.76. The molecule has 0 atom stereocenters. The van der Waals surface area contributed by atoms with Crippen LogP contribution in [0.5, 0.6) is 5.75 Å². The molecule has 28 heavy (non-hydrogen) atoms. The molecule has 2 N–H and O–H groups in total. The van der Waals surface area contributed by atoms with Crippen LogP contribution in [0.25, 0.3) is 0 Å². The van der Waals surface area contributed by atoms with Crippen molar-refractivity contribution in [1.29, 1.82) is 0 Å². The molecule has 2 amide bonds. The highest BCUT2D eigenvalue weighted by Crippen LogP contribution is 2.17. The predicted molar refractivity (Wildman–Crippen MR) is 106 cm³/mol. The van der Waals surface area contributed by atoms with Crippen LogP contribution in [0.2, 0.25) is 0 Å². The van der Waals surface area contributed by atoms with Gasteiger partial charge in [-0.15, -0.1) is 0 Å². The second kappa shape index (κ2) is 8.81. The normalized spacial score (nSPS) is 10.2. The molecule has 0 saturated carbocycles. The van der Waals surface area contributed by atoms with Crippen molar-refractivity contribution in [3.63, 3.8) is 0 Å². The Hall–Kier alpha value is -3.67. The summed E-state index contributed by atoms with van der Waals surface area (Å²) in [4.78, 5) is 24.5. The van der Waals surface area contributed by atoms with Gasteiger partial charge in [-0.2, -0.15) is 0 Å². The molecule has 142 valence electrons. The first-order chi connectivity index (χ1) is 13.5. The number of ether oxygens (including phenoxy) is 1. The lowest BCUT2D eigenvalue weighted by Crippen LogP contribution is -2.13. The van der Waals surface area contributed by atoms with Gasteiger partial charge in [0.1, 0.15) is 11.6 Å². The number of carbonyl (C=O) groups excluding carboxylic acids is 2. The smallest absolute Gasteiger partial charge is 0.255 e. The third kappa shape index (κ3) is 4.94. The van der Waals surface area contributed by atoms with E-state index < -0.39 is 11.7 Å². The lowest BCUT2D eigenvalue weighted by atomic mass is 10.1. The molecule has 0 unspecified atom stereocenters. The highest BCUT2D eigenvalue weighted by molar-refractivity contribution is 6.06. The van der Waals surface area contributed by atoms with Crippen LogP contribution in [0.15, 0.2) is 72.8 Å². The van der Waals surface area contributed by atoms with E-state index in [1.165, 1.54) is 18.2 Å². The molecule has 0 spiro atoms. The summed E-state index contributed by atoms with van der Waals surface area (Å²) in [5.41, 5.74) is 1.82. The van der Waals surface area contributed by atoms with Gasteiger partial charge < -0.3 is 15.4 Å². The Morgan fingerprint density at radius 2 is 1.39 bits per heavy atom. The van der Waals surface area contributed by atoms with Crippen LogP contribution < -0.4 is 15.4 Å². The summed E-state index contributed by atoms with van der Waals surface area (Å²) in [5, 5.41) is 5.46. The van der Waals surface area contributed by atoms with Gasteiger partial charge in [-0.3, -0.25) is 9.59 Å². The number of hydrogen-bond acceptors (Lipinski definition) is 3. The summed E-state index contributed by atoms with van der Waals surface area (Å²) < 4.78 is 18.6. The van der Waals surface area contributed by atoms with E-state index in [1.807, 2.05) is 6.92 Å². The molecular formula is C22H19FN2O3. The maximum Gasteiger partial charge on any atom is 0.255 e. The topological polar surface area (TPSA) is 67.4 Å². The number of halogens is 1. The second-order valence-corrected chi connectivity index (χ2v) is 5.95. The Labute approximate surface area is 162 Å². The molecule has 6 heteroatoms. The van der Waals surface area contributed by atoms with Crippen molar-refractivity contribution in [2.45, 2.75) is 6.92 Å². The van der Waals surface area contributed by atoms with Gasteiger partial charge in [0.25, 0.3) is 11.8 Å². The van der Waals surface area contributed by atoms with Crippen LogP contribution >= 0.6 is 0 Å². The molecular weight excluding hydrogens is 359 g/mol. The molecule has 0 saturated heterocycles. The molecule has 0 aliphatic carbocycles. The van der Waals surface area contributed by atoms with Crippen molar-refractivity contribution < 1.29 is 18.7 Å². The van der Waals surface area contributed by atoms with Gasteiger partial charge in [0, 0.05) is 22.5 Å². The summed E-state index contributed by atoms with van der Waals surface area (Å²) in [6.45, 7) is 2.48. The molecule has 3 aromatic carbocycles. The summed E-state index contributed by atoms with van der Waals surface area (Å²) >= 11 is 0. The molecule has 0 fully saturated rings. The average Bonchev–Trinajstić information content (AvgIpc) is 2.70. The van der Waals surface area contributed by atoms with Gasteiger partial charge >= 0.3 is 0 Å². The highest BCUT2D eigenvalue weighted by atomic mass is 19.1. The average molecular weight is 378 g/mol. The minimum Gasteiger partial charge on any atom is -0.494 e. The SMILES string of the molecule is CCOc1ccc(NC(=O)c2ccc(NC(=O)c3cccc(F)c3)cc2)cc1. The quantitative estimate of drug-likeness (QED) is 0.652. The van der Waals surface area contributed by atoms with Crippen LogP contribution in [0, 0.1) is 5.82 Å². The Bertz CT molecular complexity index is 970. The number of amides is 2. The molecule has 0 aromatic heterocycles. The highest BCUT2D eigenvalue weighted by Gasteiger charge is 2.09. The van der Waals surface area contributed by atoms with Crippen molar-refractivity contribution in [2.24, 2.45) is 0 Å². The van der Waals surface area contributed by atoms with Gasteiger partial charge in [-0.25, -0.2) is 4.39 Å². The first-order valence-corrected chi connectivity index (χ1v) is 8.76. The van der Waals surface area contributed by atoms with Crippen LogP contribution in [0.3, 0.4) is 0 Å². The molecule has 0 bridgehead atoms. The van der Waals surface area contributed by atoms with Crippen LogP contribution in [-0.2, 0) is 0 Å². The lowest BCUT2D eigenvalue weighted by molar-refractivity contribution is 0.101. The third-order valence-corrected chi connectivity index (χ3v) is 3.91. The number of rotatable bonds is 6. The molecule has 5 nitrogen and oxygen atoms in total. The van der Waals surface area contributed by atoms with E-state index in [0.717, 1.165) is 11.8 Å². The summed E-state index contributed by atoms with van der Waals surface area (Å²) in [7, 11) is 0. The molecule has 0 aliphatic heterocycles. The van der Waals surface area contributed by atoms with Gasteiger partial charge in [0.2, 0.25) is 0 Å². The summed E-state index contributed by atoms with van der Waals surface area (Å²) in [6, 6.07) is 18.9. The summed E-state index contributed by atoms with van der Waals surface area (Å²) in [6.07, 6.45) is 0. The van der Waals surface area contributed by atoms with E-state index in [2.05, 4.69) is 10.6 Å². The van der Waals surface area contributed by atoms with Crippen molar-refractivity contribution in [3.05, 3.63) is 89.7 Å². The van der Waals surface area contributed by atoms with Crippen LogP contribution in [0.1, 0.15) is 27.6 Å². The van der Waals surface area contributed by atoms with E-state index in [4.69, 9.17) is 4.74 Å². The van der Waals surface area contributed by atoms with Crippen LogP contribution in [0.4, 0.5) is 15.8 Å². The number of hydrogen-bond donors (Lipinski definition) is 2. The number of anilines is 2. The maximum absolute atomic E-state index is 13.2. The van der Waals surface area contributed by atoms with Gasteiger partial charge in [0.15, 0.2) is 0 Å². The third-order valence-electron chi connectivity index (χ3n) is 3.91. The Morgan fingerprint density at radius 3 is 1.96 bits per heavy atom. The second-order valence-electron chi connectivity index (χ2n) is 5.95. The number of carbonyl (C=O) groups is 2. The molecule has 0 heterocycles. The zero-order valence-electron chi connectivity index (χ0n) is 15.2. The largest absolute Gasteiger partial charge is 0.494 e. The zero-order chi connectivity index (χ0) is 19.9. The standard InChI is InChI=1S/C22H19FN2O3/c1-2-28-20-12-10-19(11-13-20)24-21(26)15-6-8-18(9-7-15)25-22(27)16-4-3-5-17(23)14-16/h3-14H,2H2,1H3,(H,24,26)(H,25,27). The zero-order valence-corrected chi connectivity index (χ0v) is 15.2. The number of benzene rings is 3. The van der Waals surface area contributed by atoms with E-state index in [1.54, 1.807) is 48.5 Å². The van der Waals surface area contributed by atoms with E-state index in [9.17, 15) is 14.0 Å². The van der Waals surface area contributed by atoms with Crippen molar-refractivity contribution in [3.8, 4) is 5.75 Å². The van der Waals surface area contributed by atoms with Gasteiger partial charge in [-0.05, 0) is 73.7 Å². The minimum absolute atomic E-state index is 0.220. The Balaban J connectivity index is 1.61. The molecule has 3 rings (SSSR count). The molecule has 0 aliphatic rings. The fraction of sp³-hybridized carbons (Fsp3) is 0.0909. The van der Waals surface area contributed by atoms with E-state index >= 15 is 0 Å². The summed E-state index contributed by atoms with van der Waals surface area (Å²) in [5.74, 6) is -0.439. The fourth-order valence-corrected chi connectivity index (χ4v) is 2.54. The lowest BCUT2D eigenvalue weighted by Gasteiger charge is -2.09. The monoisotopic (exact) mass is 378 g/mol. The number of nitrogens with one attached hydrogen (secondary N) is 2. The Kier molecular flexibility index (Phi) is 6.01. The maximum atomic E-state index is 13.2. The first kappa shape index (κ1) is 19.1. The van der Waals surface area contributed by atoms with Crippen molar-refractivity contribution in [2.75, 3.05) is 17.2 Å². The van der Waals surface area contributed by atoms with Gasteiger partial charge in [0.05, 0.1) is 6.61 Å². The van der Waals surface area contributed by atoms with Crippen LogP contribution in [-0.4, -0.2) is 18.4 Å². The minimum atomic E-state index is -0.478. The van der Waals surface area contributed by atoms with E-state index in [-0.39, 0.29) is 11.5 Å². The van der Waals surface area contributed by atoms with Gasteiger partial charge in [-0.1, -0.05) is 6.07 Å². The Morgan fingerprint density at radius 1 is 0.821 bits per heavy atom. The van der Waals surface area contributed by atoms with E-state index in [0.29, 0.717) is 23.5 Å². The van der Waals surface area contributed by atoms with Crippen molar-refractivity contribution in [1.82, 2.24) is 0 Å². The van der Waals surface area contributed by atoms with Crippen molar-refractivity contribution >= 4 is 23.2 Å². The molecule has 3 aromatic rings.